The van der Waals surface area contributed by atoms with E-state index in [0.29, 0.717) is 6.04 Å². The lowest BCUT2D eigenvalue weighted by Crippen LogP contribution is -2.44. The first-order chi connectivity index (χ1) is 12.5. The minimum absolute atomic E-state index is 0.0631. The van der Waals surface area contributed by atoms with Crippen molar-refractivity contribution in [3.05, 3.63) is 53.1 Å². The number of piperidine rings is 1. The van der Waals surface area contributed by atoms with E-state index in [4.69, 9.17) is 0 Å². The minimum atomic E-state index is 0.0631. The molecule has 0 bridgehead atoms. The molecule has 2 aromatic heterocycles. The van der Waals surface area contributed by atoms with Gasteiger partial charge in [0.25, 0.3) is 5.91 Å². The first-order valence-electron chi connectivity index (χ1n) is 9.57. The second-order valence-corrected chi connectivity index (χ2v) is 7.59. The van der Waals surface area contributed by atoms with E-state index in [2.05, 4.69) is 46.6 Å². The molecule has 3 rings (SSSR count). The maximum absolute atomic E-state index is 12.7. The van der Waals surface area contributed by atoms with Crippen LogP contribution in [0.3, 0.4) is 0 Å². The number of hydrogen-bond donors (Lipinski definition) is 1. The van der Waals surface area contributed by atoms with Crippen LogP contribution in [0.25, 0.3) is 0 Å². The molecule has 0 spiro atoms. The van der Waals surface area contributed by atoms with Gasteiger partial charge in [0.2, 0.25) is 0 Å². The number of nitrogens with zero attached hydrogens (tertiary/aromatic N) is 3. The standard InChI is InChI=1S/C21H30N4O/c1-15(2)25-16(3)13-20(17(25)4)21(26)23-18-8-11-24(12-9-18)14-19-7-5-6-10-22-19/h5-7,10,13,15,18H,8-9,11-12,14H2,1-4H3,(H,23,26). The Morgan fingerprint density at radius 2 is 2.00 bits per heavy atom. The Morgan fingerprint density at radius 3 is 2.58 bits per heavy atom. The van der Waals surface area contributed by atoms with Crippen molar-refractivity contribution < 1.29 is 4.79 Å². The zero-order chi connectivity index (χ0) is 18.7. The number of amides is 1. The number of likely N-dealkylation sites (tertiary alicyclic amines) is 1. The average Bonchev–Trinajstić information content (AvgIpc) is 2.92. The van der Waals surface area contributed by atoms with Gasteiger partial charge in [-0.1, -0.05) is 6.07 Å². The van der Waals surface area contributed by atoms with Gasteiger partial charge in [-0.05, 0) is 58.7 Å². The highest BCUT2D eigenvalue weighted by Gasteiger charge is 2.23. The Balaban J connectivity index is 1.55. The van der Waals surface area contributed by atoms with E-state index >= 15 is 0 Å². The van der Waals surface area contributed by atoms with Gasteiger partial charge < -0.3 is 9.88 Å². The number of carbonyl (C=O) groups excluding carboxylic acids is 1. The van der Waals surface area contributed by atoms with Crippen molar-refractivity contribution in [2.24, 2.45) is 0 Å². The Morgan fingerprint density at radius 1 is 1.27 bits per heavy atom. The molecule has 1 amide bonds. The summed E-state index contributed by atoms with van der Waals surface area (Å²) >= 11 is 0. The largest absolute Gasteiger partial charge is 0.349 e. The molecule has 26 heavy (non-hydrogen) atoms. The zero-order valence-electron chi connectivity index (χ0n) is 16.3. The van der Waals surface area contributed by atoms with E-state index in [1.807, 2.05) is 31.3 Å². The van der Waals surface area contributed by atoms with Gasteiger partial charge in [-0.3, -0.25) is 14.7 Å². The van der Waals surface area contributed by atoms with Crippen LogP contribution in [0, 0.1) is 13.8 Å². The zero-order valence-corrected chi connectivity index (χ0v) is 16.3. The molecular formula is C21H30N4O. The summed E-state index contributed by atoms with van der Waals surface area (Å²) < 4.78 is 2.23. The Kier molecular flexibility index (Phi) is 5.77. The van der Waals surface area contributed by atoms with Gasteiger partial charge in [-0.25, -0.2) is 0 Å². The van der Waals surface area contributed by atoms with Crippen LogP contribution in [0.5, 0.6) is 0 Å². The van der Waals surface area contributed by atoms with E-state index < -0.39 is 0 Å². The maximum atomic E-state index is 12.7. The lowest BCUT2D eigenvalue weighted by Gasteiger charge is -2.32. The molecule has 0 aliphatic carbocycles. The molecule has 0 aromatic carbocycles. The molecule has 1 aliphatic heterocycles. The number of hydrogen-bond acceptors (Lipinski definition) is 3. The first kappa shape index (κ1) is 18.6. The normalized spacial score (nSPS) is 16.2. The van der Waals surface area contributed by atoms with E-state index in [1.54, 1.807) is 0 Å². The summed E-state index contributed by atoms with van der Waals surface area (Å²) in [5.41, 5.74) is 4.12. The molecule has 1 saturated heterocycles. The highest BCUT2D eigenvalue weighted by atomic mass is 16.1. The van der Waals surface area contributed by atoms with Crippen LogP contribution in [0.1, 0.15) is 60.2 Å². The molecule has 0 atom stereocenters. The van der Waals surface area contributed by atoms with Crippen molar-refractivity contribution >= 4 is 5.91 Å². The number of nitrogens with one attached hydrogen (secondary N) is 1. The number of aryl methyl sites for hydroxylation is 1. The molecule has 1 N–H and O–H groups in total. The SMILES string of the molecule is Cc1cc(C(=O)NC2CCN(Cc3ccccn3)CC2)c(C)n1C(C)C. The second kappa shape index (κ2) is 8.04. The second-order valence-electron chi connectivity index (χ2n) is 7.59. The van der Waals surface area contributed by atoms with Crippen LogP contribution < -0.4 is 5.32 Å². The van der Waals surface area contributed by atoms with Crippen molar-refractivity contribution in [2.75, 3.05) is 13.1 Å². The van der Waals surface area contributed by atoms with Gasteiger partial charge in [0, 0.05) is 49.3 Å². The third kappa shape index (κ3) is 4.15. The van der Waals surface area contributed by atoms with Crippen molar-refractivity contribution in [1.82, 2.24) is 19.8 Å². The predicted molar refractivity (Wildman–Crippen MR) is 104 cm³/mol. The topological polar surface area (TPSA) is 50.2 Å². The van der Waals surface area contributed by atoms with Gasteiger partial charge in [-0.15, -0.1) is 0 Å². The van der Waals surface area contributed by atoms with Crippen molar-refractivity contribution in [1.29, 1.82) is 0 Å². The molecule has 0 unspecified atom stereocenters. The summed E-state index contributed by atoms with van der Waals surface area (Å²) in [5, 5.41) is 3.25. The fraction of sp³-hybridized carbons (Fsp3) is 0.524. The van der Waals surface area contributed by atoms with Gasteiger partial charge >= 0.3 is 0 Å². The molecule has 5 nitrogen and oxygen atoms in total. The quantitative estimate of drug-likeness (QED) is 0.894. The van der Waals surface area contributed by atoms with Gasteiger partial charge in [-0.2, -0.15) is 0 Å². The van der Waals surface area contributed by atoms with Crippen molar-refractivity contribution in [3.63, 3.8) is 0 Å². The Hall–Kier alpha value is -2.14. The van der Waals surface area contributed by atoms with Crippen molar-refractivity contribution in [2.45, 2.75) is 59.2 Å². The molecule has 1 fully saturated rings. The van der Waals surface area contributed by atoms with E-state index in [9.17, 15) is 4.79 Å². The summed E-state index contributed by atoms with van der Waals surface area (Å²) in [4.78, 5) is 19.6. The number of aromatic nitrogens is 2. The molecule has 0 radical (unpaired) electrons. The van der Waals surface area contributed by atoms with E-state index in [-0.39, 0.29) is 11.9 Å². The van der Waals surface area contributed by atoms with Crippen LogP contribution in [0.15, 0.2) is 30.5 Å². The molecular weight excluding hydrogens is 324 g/mol. The minimum Gasteiger partial charge on any atom is -0.349 e. The predicted octanol–water partition coefficient (Wildman–Crippen LogP) is 3.48. The molecule has 5 heteroatoms. The lowest BCUT2D eigenvalue weighted by molar-refractivity contribution is 0.0907. The van der Waals surface area contributed by atoms with Gasteiger partial charge in [0.1, 0.15) is 0 Å². The smallest absolute Gasteiger partial charge is 0.253 e. The third-order valence-electron chi connectivity index (χ3n) is 5.28. The maximum Gasteiger partial charge on any atom is 0.253 e. The third-order valence-corrected chi connectivity index (χ3v) is 5.28. The van der Waals surface area contributed by atoms with Gasteiger partial charge in [0.15, 0.2) is 0 Å². The highest BCUT2D eigenvalue weighted by molar-refractivity contribution is 5.95. The Labute approximate surface area is 156 Å². The molecule has 1 aliphatic rings. The summed E-state index contributed by atoms with van der Waals surface area (Å²) in [6, 6.07) is 8.68. The van der Waals surface area contributed by atoms with Crippen LogP contribution in [0.4, 0.5) is 0 Å². The van der Waals surface area contributed by atoms with Crippen LogP contribution in [-0.2, 0) is 6.54 Å². The summed E-state index contributed by atoms with van der Waals surface area (Å²) in [6.07, 6.45) is 3.82. The highest BCUT2D eigenvalue weighted by Crippen LogP contribution is 2.21. The summed E-state index contributed by atoms with van der Waals surface area (Å²) in [7, 11) is 0. The van der Waals surface area contributed by atoms with Crippen molar-refractivity contribution in [3.8, 4) is 0 Å². The Bertz CT molecular complexity index is 743. The fourth-order valence-corrected chi connectivity index (χ4v) is 4.02. The van der Waals surface area contributed by atoms with Crippen LogP contribution in [-0.4, -0.2) is 39.5 Å². The molecule has 0 saturated carbocycles. The molecule has 3 heterocycles. The van der Waals surface area contributed by atoms with Crippen LogP contribution in [0.2, 0.25) is 0 Å². The number of pyridine rings is 1. The first-order valence-corrected chi connectivity index (χ1v) is 9.57. The fourth-order valence-electron chi connectivity index (χ4n) is 4.02. The lowest BCUT2D eigenvalue weighted by atomic mass is 10.0. The van der Waals surface area contributed by atoms with Gasteiger partial charge in [0.05, 0.1) is 11.3 Å². The summed E-state index contributed by atoms with van der Waals surface area (Å²) in [5.74, 6) is 0.0631. The van der Waals surface area contributed by atoms with Crippen LogP contribution >= 0.6 is 0 Å². The summed E-state index contributed by atoms with van der Waals surface area (Å²) in [6.45, 7) is 11.3. The molecule has 140 valence electrons. The van der Waals surface area contributed by atoms with E-state index in [1.165, 1.54) is 0 Å². The number of carbonyl (C=O) groups is 1. The van der Waals surface area contributed by atoms with E-state index in [0.717, 1.165) is 55.1 Å². The average molecular weight is 354 g/mol. The number of rotatable bonds is 5. The molecule has 2 aromatic rings. The monoisotopic (exact) mass is 354 g/mol.